The molecule has 0 aromatic heterocycles. The number of alkyl carbamates (subject to hydrolysis) is 1. The molecule has 1 aromatic carbocycles. The number of rotatable bonds is 3. The van der Waals surface area contributed by atoms with Crippen molar-refractivity contribution in [2.45, 2.75) is 24.7 Å². The summed E-state index contributed by atoms with van der Waals surface area (Å²) in [5, 5.41) is 2.31. The van der Waals surface area contributed by atoms with Gasteiger partial charge >= 0.3 is 6.09 Å². The highest BCUT2D eigenvalue weighted by molar-refractivity contribution is 6.00. The van der Waals surface area contributed by atoms with E-state index in [4.69, 9.17) is 4.74 Å². The summed E-state index contributed by atoms with van der Waals surface area (Å²) >= 11 is 0. The summed E-state index contributed by atoms with van der Waals surface area (Å²) in [5.41, 5.74) is 1.26. The summed E-state index contributed by atoms with van der Waals surface area (Å²) in [6.45, 7) is 0.0860. The van der Waals surface area contributed by atoms with Gasteiger partial charge in [-0.25, -0.2) is 4.79 Å². The molecule has 2 amide bonds. The quantitative estimate of drug-likeness (QED) is 0.928. The summed E-state index contributed by atoms with van der Waals surface area (Å²) in [5.74, 6) is -0.277. The topological polar surface area (TPSA) is 55.4 Å². The highest BCUT2D eigenvalue weighted by atomic mass is 16.6. The number of ether oxygens (including phenoxy) is 1. The third-order valence-corrected chi connectivity index (χ3v) is 4.06. The second-order valence-electron chi connectivity index (χ2n) is 5.45. The molecule has 21 heavy (non-hydrogen) atoms. The van der Waals surface area contributed by atoms with E-state index in [-0.39, 0.29) is 12.5 Å². The van der Waals surface area contributed by atoms with Crippen LogP contribution in [0.4, 0.5) is 4.79 Å². The van der Waals surface area contributed by atoms with Crippen molar-refractivity contribution in [2.75, 3.05) is 6.61 Å². The van der Waals surface area contributed by atoms with Gasteiger partial charge in [-0.1, -0.05) is 54.1 Å². The lowest BCUT2D eigenvalue weighted by Gasteiger charge is -2.36. The van der Waals surface area contributed by atoms with Crippen LogP contribution in [0.15, 0.2) is 54.1 Å². The zero-order chi connectivity index (χ0) is 14.7. The minimum absolute atomic E-state index is 0.0860. The molecule has 2 aliphatic rings. The summed E-state index contributed by atoms with van der Waals surface area (Å²) in [7, 11) is 0. The van der Waals surface area contributed by atoms with Crippen molar-refractivity contribution in [3.8, 4) is 0 Å². The van der Waals surface area contributed by atoms with Gasteiger partial charge in [-0.3, -0.25) is 10.1 Å². The Morgan fingerprint density at radius 2 is 2.00 bits per heavy atom. The van der Waals surface area contributed by atoms with Gasteiger partial charge in [-0.05, 0) is 24.8 Å². The first-order chi connectivity index (χ1) is 10.2. The molecule has 1 N–H and O–H groups in total. The molecular weight excluding hydrogens is 266 g/mol. The number of imide groups is 1. The van der Waals surface area contributed by atoms with E-state index in [1.165, 1.54) is 5.57 Å². The molecule has 1 aliphatic carbocycles. The normalized spacial score (nSPS) is 25.0. The Hall–Kier alpha value is -2.36. The van der Waals surface area contributed by atoms with Crippen LogP contribution in [0.25, 0.3) is 0 Å². The van der Waals surface area contributed by atoms with Gasteiger partial charge in [-0.2, -0.15) is 0 Å². The third-order valence-electron chi connectivity index (χ3n) is 4.06. The van der Waals surface area contributed by atoms with Gasteiger partial charge in [0.1, 0.15) is 12.0 Å². The molecule has 1 unspecified atom stereocenters. The van der Waals surface area contributed by atoms with Crippen molar-refractivity contribution in [1.29, 1.82) is 0 Å². The molecule has 0 saturated carbocycles. The fourth-order valence-corrected chi connectivity index (χ4v) is 2.90. The van der Waals surface area contributed by atoms with E-state index < -0.39 is 11.5 Å². The fraction of sp³-hybridized carbons (Fsp3) is 0.294. The molecule has 4 heteroatoms. The average molecular weight is 283 g/mol. The lowest BCUT2D eigenvalue weighted by molar-refractivity contribution is -0.130. The smallest absolute Gasteiger partial charge is 0.413 e. The van der Waals surface area contributed by atoms with Gasteiger partial charge in [0.25, 0.3) is 0 Å². The predicted octanol–water partition coefficient (Wildman–Crippen LogP) is 2.86. The Morgan fingerprint density at radius 1 is 1.19 bits per heavy atom. The van der Waals surface area contributed by atoms with E-state index in [1.807, 2.05) is 36.4 Å². The van der Waals surface area contributed by atoms with Crippen molar-refractivity contribution in [2.24, 2.45) is 0 Å². The first-order valence-corrected chi connectivity index (χ1v) is 7.09. The summed E-state index contributed by atoms with van der Waals surface area (Å²) in [6.07, 6.45) is 8.01. The molecular formula is C17H17NO3. The van der Waals surface area contributed by atoms with Crippen LogP contribution in [-0.2, 0) is 14.9 Å². The molecule has 1 fully saturated rings. The van der Waals surface area contributed by atoms with E-state index in [9.17, 15) is 9.59 Å². The van der Waals surface area contributed by atoms with Crippen LogP contribution in [0.3, 0.4) is 0 Å². The summed E-state index contributed by atoms with van der Waals surface area (Å²) in [6, 6.07) is 9.54. The van der Waals surface area contributed by atoms with Crippen molar-refractivity contribution < 1.29 is 14.3 Å². The third kappa shape index (κ3) is 2.61. The SMILES string of the molecule is O=C1NC(=O)C(CC2=CC=CCC2)(c2ccccc2)CO1. The Labute approximate surface area is 123 Å². The zero-order valence-electron chi connectivity index (χ0n) is 11.7. The molecule has 1 aromatic rings. The van der Waals surface area contributed by atoms with E-state index in [0.717, 1.165) is 18.4 Å². The summed E-state index contributed by atoms with van der Waals surface area (Å²) < 4.78 is 5.14. The maximum absolute atomic E-state index is 12.5. The number of nitrogens with one attached hydrogen (secondary N) is 1. The number of cyclic esters (lactones) is 1. The maximum Gasteiger partial charge on any atom is 0.413 e. The number of benzene rings is 1. The van der Waals surface area contributed by atoms with Crippen molar-refractivity contribution in [3.63, 3.8) is 0 Å². The number of amides is 2. The lowest BCUT2D eigenvalue weighted by atomic mass is 9.73. The number of carbonyl (C=O) groups is 2. The monoisotopic (exact) mass is 283 g/mol. The van der Waals surface area contributed by atoms with Crippen LogP contribution < -0.4 is 5.32 Å². The first-order valence-electron chi connectivity index (χ1n) is 7.09. The standard InChI is InChI=1S/C17H17NO3/c19-15-17(12-21-16(20)18-15,14-9-5-2-6-10-14)11-13-7-3-1-4-8-13/h1-3,5-7,9-10H,4,8,11-12H2,(H,18,19,20). The highest BCUT2D eigenvalue weighted by Gasteiger charge is 2.46. The van der Waals surface area contributed by atoms with Crippen LogP contribution in [-0.4, -0.2) is 18.6 Å². The molecule has 1 atom stereocenters. The van der Waals surface area contributed by atoms with E-state index >= 15 is 0 Å². The predicted molar refractivity (Wildman–Crippen MR) is 78.7 cm³/mol. The van der Waals surface area contributed by atoms with Gasteiger partial charge in [0.2, 0.25) is 5.91 Å². The van der Waals surface area contributed by atoms with Gasteiger partial charge in [-0.15, -0.1) is 0 Å². The van der Waals surface area contributed by atoms with Crippen LogP contribution in [0, 0.1) is 0 Å². The summed E-state index contributed by atoms with van der Waals surface area (Å²) in [4.78, 5) is 23.8. The fourth-order valence-electron chi connectivity index (χ4n) is 2.90. The highest BCUT2D eigenvalue weighted by Crippen LogP contribution is 2.36. The lowest BCUT2D eigenvalue weighted by Crippen LogP contribution is -2.55. The van der Waals surface area contributed by atoms with E-state index in [1.54, 1.807) is 0 Å². The molecule has 1 aliphatic heterocycles. The number of hydrogen-bond donors (Lipinski definition) is 1. The molecule has 4 nitrogen and oxygen atoms in total. The Kier molecular flexibility index (Phi) is 3.60. The van der Waals surface area contributed by atoms with E-state index in [0.29, 0.717) is 6.42 Å². The second kappa shape index (κ2) is 5.56. The van der Waals surface area contributed by atoms with Crippen LogP contribution in [0.2, 0.25) is 0 Å². The molecule has 1 heterocycles. The Bertz CT molecular complexity index is 618. The number of hydrogen-bond acceptors (Lipinski definition) is 3. The number of carbonyl (C=O) groups excluding carboxylic acids is 2. The van der Waals surface area contributed by atoms with Crippen molar-refractivity contribution in [1.82, 2.24) is 5.32 Å². The molecule has 1 saturated heterocycles. The van der Waals surface area contributed by atoms with Gasteiger partial charge in [0.15, 0.2) is 0 Å². The van der Waals surface area contributed by atoms with Crippen molar-refractivity contribution in [3.05, 3.63) is 59.7 Å². The largest absolute Gasteiger partial charge is 0.448 e. The Morgan fingerprint density at radius 3 is 2.67 bits per heavy atom. The Balaban J connectivity index is 1.98. The first kappa shape index (κ1) is 13.6. The average Bonchev–Trinajstić information content (AvgIpc) is 2.52. The van der Waals surface area contributed by atoms with Crippen LogP contribution >= 0.6 is 0 Å². The molecule has 0 radical (unpaired) electrons. The van der Waals surface area contributed by atoms with Crippen LogP contribution in [0.5, 0.6) is 0 Å². The second-order valence-corrected chi connectivity index (χ2v) is 5.45. The van der Waals surface area contributed by atoms with Crippen LogP contribution in [0.1, 0.15) is 24.8 Å². The van der Waals surface area contributed by atoms with Crippen molar-refractivity contribution >= 4 is 12.0 Å². The van der Waals surface area contributed by atoms with Gasteiger partial charge < -0.3 is 4.74 Å². The molecule has 0 bridgehead atoms. The number of allylic oxidation sites excluding steroid dienone is 4. The molecule has 0 spiro atoms. The minimum Gasteiger partial charge on any atom is -0.448 e. The van der Waals surface area contributed by atoms with Gasteiger partial charge in [0.05, 0.1) is 0 Å². The van der Waals surface area contributed by atoms with E-state index in [2.05, 4.69) is 17.5 Å². The van der Waals surface area contributed by atoms with Gasteiger partial charge in [0, 0.05) is 0 Å². The zero-order valence-corrected chi connectivity index (χ0v) is 11.7. The minimum atomic E-state index is -0.827. The molecule has 3 rings (SSSR count). The maximum atomic E-state index is 12.5. The molecule has 108 valence electrons.